The lowest BCUT2D eigenvalue weighted by molar-refractivity contribution is 0.686. The van der Waals surface area contributed by atoms with Crippen molar-refractivity contribution in [3.63, 3.8) is 0 Å². The minimum absolute atomic E-state index is 0.181. The number of thiol groups is 1. The van der Waals surface area contributed by atoms with Crippen LogP contribution in [-0.4, -0.2) is 14.5 Å². The van der Waals surface area contributed by atoms with Crippen molar-refractivity contribution >= 4 is 23.4 Å². The van der Waals surface area contributed by atoms with Gasteiger partial charge in [-0.15, -0.1) is 0 Å². The maximum Gasteiger partial charge on any atom is 0.0771 e. The zero-order valence-corrected chi connectivity index (χ0v) is 5.67. The summed E-state index contributed by atoms with van der Waals surface area (Å²) in [5.41, 5.74) is 0. The van der Waals surface area contributed by atoms with Crippen LogP contribution < -0.4 is 0 Å². The van der Waals surface area contributed by atoms with Crippen LogP contribution in [0.25, 0.3) is 0 Å². The van der Waals surface area contributed by atoms with Crippen LogP contribution >= 0.6 is 12.6 Å². The fraction of sp³-hybridized carbons (Fsp3) is 1.00. The Hall–Kier alpha value is 0.500. The first kappa shape index (κ1) is 5.63. The second kappa shape index (κ2) is 2.18. The smallest absolute Gasteiger partial charge is 0.0771 e. The quantitative estimate of drug-likeness (QED) is 0.487. The fourth-order valence-corrected chi connectivity index (χ4v) is 2.32. The predicted molar refractivity (Wildman–Crippen MR) is 35.0 cm³/mol. The lowest BCUT2D eigenvalue weighted by atomic mass is 10.4. The molecule has 0 radical (unpaired) electrons. The predicted octanol–water partition coefficient (Wildman–Crippen LogP) is 0.785. The molecule has 0 saturated carbocycles. The van der Waals surface area contributed by atoms with Gasteiger partial charge in [-0.3, -0.25) is 4.21 Å². The largest absolute Gasteiger partial charge is 0.258 e. The molecule has 0 aromatic heterocycles. The van der Waals surface area contributed by atoms with Gasteiger partial charge in [0.1, 0.15) is 0 Å². The molecular weight excluding hydrogens is 128 g/mol. The standard InChI is InChI=1S/C4H8OS2/c5-7-3-1-2-4(7)6/h4,6H,1-3H2. The van der Waals surface area contributed by atoms with E-state index in [4.69, 9.17) is 0 Å². The molecule has 3 heteroatoms. The van der Waals surface area contributed by atoms with Gasteiger partial charge in [-0.1, -0.05) is 0 Å². The highest BCUT2D eigenvalue weighted by atomic mass is 32.2. The molecule has 0 N–H and O–H groups in total. The van der Waals surface area contributed by atoms with Gasteiger partial charge in [-0.25, -0.2) is 0 Å². The molecule has 0 aliphatic carbocycles. The number of hydrogen-bond donors (Lipinski definition) is 1. The molecule has 1 aliphatic heterocycles. The Balaban J connectivity index is 2.48. The Labute approximate surface area is 51.4 Å². The summed E-state index contributed by atoms with van der Waals surface area (Å²) in [7, 11) is -0.603. The second-order valence-corrected chi connectivity index (χ2v) is 4.39. The molecule has 0 aromatic rings. The Kier molecular flexibility index (Phi) is 1.75. The van der Waals surface area contributed by atoms with E-state index < -0.39 is 10.8 Å². The summed E-state index contributed by atoms with van der Waals surface area (Å²) in [6.45, 7) is 0. The van der Waals surface area contributed by atoms with Crippen molar-refractivity contribution < 1.29 is 4.21 Å². The lowest BCUT2D eigenvalue weighted by Crippen LogP contribution is -1.97. The van der Waals surface area contributed by atoms with Crippen LogP contribution in [0.2, 0.25) is 0 Å². The highest BCUT2D eigenvalue weighted by Gasteiger charge is 2.17. The van der Waals surface area contributed by atoms with E-state index in [-0.39, 0.29) is 4.58 Å². The third-order valence-electron chi connectivity index (χ3n) is 1.10. The molecule has 1 heterocycles. The van der Waals surface area contributed by atoms with Gasteiger partial charge in [0, 0.05) is 16.6 Å². The second-order valence-electron chi connectivity index (χ2n) is 1.68. The fourth-order valence-electron chi connectivity index (χ4n) is 0.668. The Morgan fingerprint density at radius 1 is 1.71 bits per heavy atom. The minimum Gasteiger partial charge on any atom is -0.258 e. The van der Waals surface area contributed by atoms with Crippen molar-refractivity contribution in [2.75, 3.05) is 5.75 Å². The molecule has 2 atom stereocenters. The molecule has 0 spiro atoms. The summed E-state index contributed by atoms with van der Waals surface area (Å²) >= 11 is 4.09. The third kappa shape index (κ3) is 1.19. The van der Waals surface area contributed by atoms with Crippen LogP contribution in [0.5, 0.6) is 0 Å². The molecule has 7 heavy (non-hydrogen) atoms. The Morgan fingerprint density at radius 2 is 2.43 bits per heavy atom. The highest BCUT2D eigenvalue weighted by molar-refractivity contribution is 8.01. The van der Waals surface area contributed by atoms with Gasteiger partial charge >= 0.3 is 0 Å². The van der Waals surface area contributed by atoms with E-state index in [0.717, 1.165) is 18.6 Å². The van der Waals surface area contributed by atoms with Crippen molar-refractivity contribution in [2.45, 2.75) is 17.4 Å². The van der Waals surface area contributed by atoms with Crippen LogP contribution in [-0.2, 0) is 10.8 Å². The van der Waals surface area contributed by atoms with Gasteiger partial charge in [0.15, 0.2) is 0 Å². The summed E-state index contributed by atoms with van der Waals surface area (Å²) in [6, 6.07) is 0. The van der Waals surface area contributed by atoms with Crippen molar-refractivity contribution in [1.82, 2.24) is 0 Å². The maximum absolute atomic E-state index is 10.6. The van der Waals surface area contributed by atoms with E-state index in [2.05, 4.69) is 12.6 Å². The zero-order valence-electron chi connectivity index (χ0n) is 3.96. The summed E-state index contributed by atoms with van der Waals surface area (Å²) in [5.74, 6) is 0.869. The van der Waals surface area contributed by atoms with Gasteiger partial charge in [-0.2, -0.15) is 12.6 Å². The maximum atomic E-state index is 10.6. The number of rotatable bonds is 0. The van der Waals surface area contributed by atoms with Crippen LogP contribution in [0.4, 0.5) is 0 Å². The van der Waals surface area contributed by atoms with E-state index >= 15 is 0 Å². The van der Waals surface area contributed by atoms with Crippen LogP contribution in [0.1, 0.15) is 12.8 Å². The van der Waals surface area contributed by atoms with Crippen molar-refractivity contribution in [3.05, 3.63) is 0 Å². The molecule has 0 bridgehead atoms. The molecule has 42 valence electrons. The van der Waals surface area contributed by atoms with Crippen LogP contribution in [0.3, 0.4) is 0 Å². The first-order valence-electron chi connectivity index (χ1n) is 2.36. The van der Waals surface area contributed by atoms with Gasteiger partial charge in [-0.05, 0) is 12.8 Å². The van der Waals surface area contributed by atoms with E-state index in [1.807, 2.05) is 0 Å². The molecule has 1 rings (SSSR count). The molecule has 0 amide bonds. The lowest BCUT2D eigenvalue weighted by Gasteiger charge is -1.91. The Morgan fingerprint density at radius 3 is 2.57 bits per heavy atom. The topological polar surface area (TPSA) is 17.1 Å². The van der Waals surface area contributed by atoms with Gasteiger partial charge in [0.25, 0.3) is 0 Å². The van der Waals surface area contributed by atoms with E-state index in [0.29, 0.717) is 0 Å². The average molecular weight is 136 g/mol. The normalized spacial score (nSPS) is 41.9. The van der Waals surface area contributed by atoms with Crippen LogP contribution in [0.15, 0.2) is 0 Å². The molecule has 1 nitrogen and oxygen atoms in total. The monoisotopic (exact) mass is 136 g/mol. The summed E-state index contributed by atoms with van der Waals surface area (Å²) in [4.78, 5) is 0. The van der Waals surface area contributed by atoms with E-state index in [1.165, 1.54) is 0 Å². The molecule has 1 fully saturated rings. The molecule has 2 unspecified atom stereocenters. The zero-order chi connectivity index (χ0) is 5.28. The summed E-state index contributed by atoms with van der Waals surface area (Å²) in [5, 5.41) is 0. The highest BCUT2D eigenvalue weighted by Crippen LogP contribution is 2.18. The molecular formula is C4H8OS2. The van der Waals surface area contributed by atoms with E-state index in [9.17, 15) is 4.21 Å². The molecule has 1 aliphatic rings. The van der Waals surface area contributed by atoms with E-state index in [1.54, 1.807) is 0 Å². The molecule has 0 aromatic carbocycles. The van der Waals surface area contributed by atoms with Gasteiger partial charge in [0.2, 0.25) is 0 Å². The van der Waals surface area contributed by atoms with Crippen molar-refractivity contribution in [2.24, 2.45) is 0 Å². The molecule has 1 saturated heterocycles. The Bertz CT molecular complexity index is 91.7. The van der Waals surface area contributed by atoms with Crippen molar-refractivity contribution in [1.29, 1.82) is 0 Å². The SMILES string of the molecule is O=S1CCCC1S. The first-order chi connectivity index (χ1) is 3.30. The van der Waals surface area contributed by atoms with Crippen LogP contribution in [0, 0.1) is 0 Å². The summed E-state index contributed by atoms with van der Waals surface area (Å²) in [6.07, 6.45) is 2.14. The van der Waals surface area contributed by atoms with Gasteiger partial charge < -0.3 is 0 Å². The summed E-state index contributed by atoms with van der Waals surface area (Å²) < 4.78 is 10.8. The first-order valence-corrected chi connectivity index (χ1v) is 4.26. The van der Waals surface area contributed by atoms with Gasteiger partial charge in [0.05, 0.1) is 4.58 Å². The minimum atomic E-state index is -0.603. The van der Waals surface area contributed by atoms with Crippen molar-refractivity contribution in [3.8, 4) is 0 Å². The average Bonchev–Trinajstić information content (AvgIpc) is 1.91. The number of hydrogen-bond acceptors (Lipinski definition) is 2. The third-order valence-corrected chi connectivity index (χ3v) is 3.60.